The molecule has 0 bridgehead atoms. The Labute approximate surface area is 92.0 Å². The summed E-state index contributed by atoms with van der Waals surface area (Å²) in [4.78, 5) is 10.7. The first-order valence-electron chi connectivity index (χ1n) is 5.79. The van der Waals surface area contributed by atoms with E-state index in [9.17, 15) is 4.79 Å². The molecule has 0 heterocycles. The van der Waals surface area contributed by atoms with E-state index in [-0.39, 0.29) is 11.8 Å². The first-order chi connectivity index (χ1) is 6.78. The molecule has 1 saturated carbocycles. The molecular weight excluding hydrogens is 190 g/mol. The largest absolute Gasteiger partial charge is 0.481 e. The molecule has 15 heavy (non-hydrogen) atoms. The molecule has 0 spiro atoms. The number of carboxylic acids is 1. The molecule has 0 saturated heterocycles. The van der Waals surface area contributed by atoms with Gasteiger partial charge in [0.25, 0.3) is 0 Å². The average molecular weight is 213 g/mol. The van der Waals surface area contributed by atoms with Crippen LogP contribution in [0.25, 0.3) is 0 Å². The Balaban J connectivity index is 2.78. The quantitative estimate of drug-likeness (QED) is 0.753. The number of hydrogen-bond acceptors (Lipinski definition) is 2. The molecule has 0 aliphatic heterocycles. The van der Waals surface area contributed by atoms with E-state index in [1.807, 2.05) is 0 Å². The summed E-state index contributed by atoms with van der Waals surface area (Å²) in [5.74, 6) is 0.0897. The molecule has 3 atom stereocenters. The minimum absolute atomic E-state index is 0.0998. The van der Waals surface area contributed by atoms with Gasteiger partial charge >= 0.3 is 5.97 Å². The molecule has 0 aromatic carbocycles. The zero-order valence-corrected chi connectivity index (χ0v) is 10.2. The van der Waals surface area contributed by atoms with Crippen LogP contribution in [0.3, 0.4) is 0 Å². The Morgan fingerprint density at radius 3 is 2.40 bits per heavy atom. The van der Waals surface area contributed by atoms with E-state index in [2.05, 4.69) is 27.7 Å². The van der Waals surface area contributed by atoms with Crippen molar-refractivity contribution in [1.82, 2.24) is 0 Å². The fourth-order valence-electron chi connectivity index (χ4n) is 3.40. The minimum Gasteiger partial charge on any atom is -0.481 e. The van der Waals surface area contributed by atoms with E-state index >= 15 is 0 Å². The maximum atomic E-state index is 10.7. The van der Waals surface area contributed by atoms with Gasteiger partial charge in [0.15, 0.2) is 0 Å². The van der Waals surface area contributed by atoms with Gasteiger partial charge in [0.1, 0.15) is 0 Å². The highest BCUT2D eigenvalue weighted by Gasteiger charge is 2.59. The molecule has 0 aromatic rings. The SMILES string of the molecule is CCC1(C(C)C)CC(N)(CC(=O)O)C1C. The van der Waals surface area contributed by atoms with Crippen molar-refractivity contribution in [2.75, 3.05) is 0 Å². The number of hydrogen-bond donors (Lipinski definition) is 2. The third kappa shape index (κ3) is 1.78. The van der Waals surface area contributed by atoms with Crippen LogP contribution in [0.5, 0.6) is 0 Å². The molecule has 1 fully saturated rings. The predicted molar refractivity (Wildman–Crippen MR) is 60.5 cm³/mol. The molecule has 3 N–H and O–H groups in total. The Morgan fingerprint density at radius 1 is 1.60 bits per heavy atom. The molecule has 1 aliphatic rings. The van der Waals surface area contributed by atoms with Crippen LogP contribution in [-0.4, -0.2) is 16.6 Å². The lowest BCUT2D eigenvalue weighted by molar-refractivity contribution is -0.148. The van der Waals surface area contributed by atoms with Crippen molar-refractivity contribution in [3.8, 4) is 0 Å². The van der Waals surface area contributed by atoms with Gasteiger partial charge < -0.3 is 10.8 Å². The zero-order valence-electron chi connectivity index (χ0n) is 10.2. The summed E-state index contributed by atoms with van der Waals surface area (Å²) >= 11 is 0. The second kappa shape index (κ2) is 3.78. The Hall–Kier alpha value is -0.570. The van der Waals surface area contributed by atoms with E-state index in [1.54, 1.807) is 0 Å². The van der Waals surface area contributed by atoms with Gasteiger partial charge in [-0.05, 0) is 30.1 Å². The fraction of sp³-hybridized carbons (Fsp3) is 0.917. The van der Waals surface area contributed by atoms with Gasteiger partial charge in [-0.3, -0.25) is 4.79 Å². The summed E-state index contributed by atoms with van der Waals surface area (Å²) < 4.78 is 0. The first kappa shape index (κ1) is 12.5. The number of carbonyl (C=O) groups is 1. The van der Waals surface area contributed by atoms with Crippen LogP contribution < -0.4 is 5.73 Å². The lowest BCUT2D eigenvalue weighted by Gasteiger charge is -2.62. The number of rotatable bonds is 4. The van der Waals surface area contributed by atoms with E-state index < -0.39 is 11.5 Å². The number of carboxylic acid groups (broad SMARTS) is 1. The van der Waals surface area contributed by atoms with Gasteiger partial charge in [0.05, 0.1) is 6.42 Å². The third-order valence-corrected chi connectivity index (χ3v) is 4.67. The van der Waals surface area contributed by atoms with Gasteiger partial charge in [-0.15, -0.1) is 0 Å². The van der Waals surface area contributed by atoms with Gasteiger partial charge in [0, 0.05) is 5.54 Å². The highest BCUT2D eigenvalue weighted by atomic mass is 16.4. The van der Waals surface area contributed by atoms with Crippen molar-refractivity contribution in [1.29, 1.82) is 0 Å². The third-order valence-electron chi connectivity index (χ3n) is 4.67. The average Bonchev–Trinajstić information content (AvgIpc) is 2.12. The van der Waals surface area contributed by atoms with Crippen LogP contribution in [0.2, 0.25) is 0 Å². The normalized spacial score (nSPS) is 40.3. The molecule has 3 heteroatoms. The summed E-state index contributed by atoms with van der Waals surface area (Å²) in [7, 11) is 0. The number of aliphatic carboxylic acids is 1. The van der Waals surface area contributed by atoms with Gasteiger partial charge in [-0.2, -0.15) is 0 Å². The topological polar surface area (TPSA) is 63.3 Å². The lowest BCUT2D eigenvalue weighted by atomic mass is 9.45. The van der Waals surface area contributed by atoms with E-state index in [4.69, 9.17) is 10.8 Å². The maximum Gasteiger partial charge on any atom is 0.305 e. The van der Waals surface area contributed by atoms with Crippen LogP contribution in [0, 0.1) is 17.3 Å². The van der Waals surface area contributed by atoms with E-state index in [0.717, 1.165) is 12.8 Å². The molecule has 0 radical (unpaired) electrons. The minimum atomic E-state index is -0.780. The van der Waals surface area contributed by atoms with Crippen molar-refractivity contribution in [3.05, 3.63) is 0 Å². The van der Waals surface area contributed by atoms with Crippen LogP contribution in [-0.2, 0) is 4.79 Å². The Kier molecular flexibility index (Phi) is 3.15. The molecule has 1 rings (SSSR count). The Bertz CT molecular complexity index is 264. The first-order valence-corrected chi connectivity index (χ1v) is 5.79. The van der Waals surface area contributed by atoms with E-state index in [0.29, 0.717) is 11.8 Å². The fourth-order valence-corrected chi connectivity index (χ4v) is 3.40. The Morgan fingerprint density at radius 2 is 2.13 bits per heavy atom. The highest BCUT2D eigenvalue weighted by molar-refractivity contribution is 5.69. The molecule has 3 unspecified atom stereocenters. The summed E-state index contributed by atoms with van der Waals surface area (Å²) in [6.07, 6.45) is 2.04. The van der Waals surface area contributed by atoms with Crippen molar-refractivity contribution < 1.29 is 9.90 Å². The molecule has 88 valence electrons. The second-order valence-corrected chi connectivity index (χ2v) is 5.44. The summed E-state index contributed by atoms with van der Waals surface area (Å²) in [5, 5.41) is 8.83. The van der Waals surface area contributed by atoms with Crippen molar-refractivity contribution in [3.63, 3.8) is 0 Å². The lowest BCUT2D eigenvalue weighted by Crippen LogP contribution is -2.67. The summed E-state index contributed by atoms with van der Waals surface area (Å²) in [6.45, 7) is 8.70. The van der Waals surface area contributed by atoms with Crippen LogP contribution in [0.4, 0.5) is 0 Å². The van der Waals surface area contributed by atoms with Crippen molar-refractivity contribution in [2.24, 2.45) is 23.0 Å². The highest BCUT2D eigenvalue weighted by Crippen LogP contribution is 2.59. The van der Waals surface area contributed by atoms with Gasteiger partial charge in [0.2, 0.25) is 0 Å². The van der Waals surface area contributed by atoms with E-state index in [1.165, 1.54) is 0 Å². The van der Waals surface area contributed by atoms with Crippen LogP contribution >= 0.6 is 0 Å². The van der Waals surface area contributed by atoms with Crippen LogP contribution in [0.1, 0.15) is 47.0 Å². The molecule has 1 aliphatic carbocycles. The standard InChI is InChI=1S/C12H23NO2/c1-5-11(8(2)3)7-12(13,9(11)4)6-10(14)15/h8-9H,5-7,13H2,1-4H3,(H,14,15). The second-order valence-electron chi connectivity index (χ2n) is 5.44. The van der Waals surface area contributed by atoms with Crippen LogP contribution in [0.15, 0.2) is 0 Å². The van der Waals surface area contributed by atoms with Crippen molar-refractivity contribution in [2.45, 2.75) is 52.5 Å². The molecule has 3 nitrogen and oxygen atoms in total. The maximum absolute atomic E-state index is 10.7. The van der Waals surface area contributed by atoms with Crippen molar-refractivity contribution >= 4 is 5.97 Å². The van der Waals surface area contributed by atoms with Gasteiger partial charge in [-0.25, -0.2) is 0 Å². The van der Waals surface area contributed by atoms with Gasteiger partial charge in [-0.1, -0.05) is 27.7 Å². The molecule has 0 aromatic heterocycles. The smallest absolute Gasteiger partial charge is 0.305 e. The molecular formula is C12H23NO2. The monoisotopic (exact) mass is 213 g/mol. The zero-order chi connectivity index (χ0) is 11.9. The molecule has 0 amide bonds. The predicted octanol–water partition coefficient (Wildman–Crippen LogP) is 2.25. The summed E-state index contributed by atoms with van der Waals surface area (Å²) in [6, 6.07) is 0. The number of nitrogens with two attached hydrogens (primary N) is 1. The summed E-state index contributed by atoms with van der Waals surface area (Å²) in [5.41, 5.74) is 5.93.